The zero-order chi connectivity index (χ0) is 12.2. The average Bonchev–Trinajstić information content (AvgIpc) is 2.26. The SMILES string of the molecule is CC(CO)(NCC(F)(F)F)c1ccncc1. The van der Waals surface area contributed by atoms with Gasteiger partial charge in [-0.15, -0.1) is 0 Å². The van der Waals surface area contributed by atoms with Crippen molar-refractivity contribution in [1.29, 1.82) is 0 Å². The van der Waals surface area contributed by atoms with Crippen LogP contribution >= 0.6 is 0 Å². The Kier molecular flexibility index (Phi) is 3.88. The highest BCUT2D eigenvalue weighted by molar-refractivity contribution is 5.20. The Morgan fingerprint density at radius 2 is 1.88 bits per heavy atom. The van der Waals surface area contributed by atoms with Gasteiger partial charge in [0.1, 0.15) is 0 Å². The third kappa shape index (κ3) is 3.46. The molecule has 0 fully saturated rings. The summed E-state index contributed by atoms with van der Waals surface area (Å²) >= 11 is 0. The number of pyridine rings is 1. The Balaban J connectivity index is 2.79. The van der Waals surface area contributed by atoms with Crippen molar-refractivity contribution in [3.05, 3.63) is 30.1 Å². The number of aliphatic hydroxyl groups is 1. The van der Waals surface area contributed by atoms with Crippen molar-refractivity contribution >= 4 is 0 Å². The molecule has 1 heterocycles. The number of hydrogen-bond donors (Lipinski definition) is 2. The molecule has 1 atom stereocenters. The number of alkyl halides is 3. The van der Waals surface area contributed by atoms with Crippen LogP contribution in [0, 0.1) is 0 Å². The van der Waals surface area contributed by atoms with Crippen molar-refractivity contribution < 1.29 is 18.3 Å². The van der Waals surface area contributed by atoms with Crippen LogP contribution in [0.25, 0.3) is 0 Å². The summed E-state index contributed by atoms with van der Waals surface area (Å²) in [7, 11) is 0. The molecule has 0 bridgehead atoms. The molecule has 0 aliphatic heterocycles. The highest BCUT2D eigenvalue weighted by Crippen LogP contribution is 2.21. The van der Waals surface area contributed by atoms with Gasteiger partial charge in [0, 0.05) is 12.4 Å². The molecule has 90 valence electrons. The maximum atomic E-state index is 12.1. The molecule has 0 radical (unpaired) electrons. The Morgan fingerprint density at radius 3 is 2.31 bits per heavy atom. The Morgan fingerprint density at radius 1 is 1.31 bits per heavy atom. The number of nitrogens with zero attached hydrogens (tertiary/aromatic N) is 1. The van der Waals surface area contributed by atoms with Gasteiger partial charge < -0.3 is 5.11 Å². The predicted octanol–water partition coefficient (Wildman–Crippen LogP) is 1.44. The van der Waals surface area contributed by atoms with Crippen LogP contribution in [0.15, 0.2) is 24.5 Å². The van der Waals surface area contributed by atoms with Gasteiger partial charge in [0.2, 0.25) is 0 Å². The Hall–Kier alpha value is -1.14. The second-order valence-electron chi connectivity index (χ2n) is 3.69. The first kappa shape index (κ1) is 12.9. The van der Waals surface area contributed by atoms with Gasteiger partial charge >= 0.3 is 6.18 Å². The fourth-order valence-corrected chi connectivity index (χ4v) is 1.26. The van der Waals surface area contributed by atoms with E-state index in [-0.39, 0.29) is 0 Å². The molecule has 0 spiro atoms. The zero-order valence-corrected chi connectivity index (χ0v) is 8.75. The van der Waals surface area contributed by atoms with Crippen LogP contribution in [-0.2, 0) is 5.54 Å². The number of hydrogen-bond acceptors (Lipinski definition) is 3. The third-order valence-corrected chi connectivity index (χ3v) is 2.31. The average molecular weight is 234 g/mol. The fraction of sp³-hybridized carbons (Fsp3) is 0.500. The topological polar surface area (TPSA) is 45.1 Å². The van der Waals surface area contributed by atoms with Crippen LogP contribution in [0.1, 0.15) is 12.5 Å². The van der Waals surface area contributed by atoms with E-state index in [1.807, 2.05) is 0 Å². The number of aliphatic hydroxyl groups excluding tert-OH is 1. The molecule has 0 amide bonds. The normalized spacial score (nSPS) is 15.8. The fourth-order valence-electron chi connectivity index (χ4n) is 1.26. The summed E-state index contributed by atoms with van der Waals surface area (Å²) in [4.78, 5) is 3.77. The summed E-state index contributed by atoms with van der Waals surface area (Å²) in [6.45, 7) is -0.0620. The van der Waals surface area contributed by atoms with Crippen LogP contribution < -0.4 is 5.32 Å². The van der Waals surface area contributed by atoms with E-state index in [1.54, 1.807) is 12.1 Å². The molecule has 0 aliphatic carbocycles. The number of rotatable bonds is 4. The lowest BCUT2D eigenvalue weighted by Crippen LogP contribution is -2.47. The first-order valence-corrected chi connectivity index (χ1v) is 4.70. The molecule has 1 unspecified atom stereocenters. The molecule has 1 aromatic heterocycles. The standard InChI is InChI=1S/C10H13F3N2O/c1-9(7-16,15-6-10(11,12)13)8-2-4-14-5-3-8/h2-5,15-16H,6-7H2,1H3. The first-order chi connectivity index (χ1) is 7.37. The van der Waals surface area contributed by atoms with Gasteiger partial charge in [0.05, 0.1) is 18.7 Å². The van der Waals surface area contributed by atoms with Crippen LogP contribution in [0.3, 0.4) is 0 Å². The summed E-state index contributed by atoms with van der Waals surface area (Å²) < 4.78 is 36.2. The molecule has 0 saturated heterocycles. The second-order valence-corrected chi connectivity index (χ2v) is 3.69. The van der Waals surface area contributed by atoms with Crippen LogP contribution in [0.5, 0.6) is 0 Å². The van der Waals surface area contributed by atoms with E-state index in [0.717, 1.165) is 0 Å². The van der Waals surface area contributed by atoms with Gasteiger partial charge in [-0.2, -0.15) is 13.2 Å². The van der Waals surface area contributed by atoms with E-state index in [1.165, 1.54) is 19.3 Å². The van der Waals surface area contributed by atoms with Crippen molar-refractivity contribution in [1.82, 2.24) is 10.3 Å². The summed E-state index contributed by atoms with van der Waals surface area (Å²) in [5.41, 5.74) is -0.549. The van der Waals surface area contributed by atoms with Crippen molar-refractivity contribution in [2.45, 2.75) is 18.6 Å². The summed E-state index contributed by atoms with van der Waals surface area (Å²) in [5.74, 6) is 0. The lowest BCUT2D eigenvalue weighted by Gasteiger charge is -2.29. The summed E-state index contributed by atoms with van der Waals surface area (Å²) in [6, 6.07) is 3.14. The first-order valence-electron chi connectivity index (χ1n) is 4.70. The number of halogens is 3. The summed E-state index contributed by atoms with van der Waals surface area (Å²) in [6.07, 6.45) is -1.36. The van der Waals surface area contributed by atoms with Gasteiger partial charge in [0.25, 0.3) is 0 Å². The van der Waals surface area contributed by atoms with Crippen molar-refractivity contribution in [3.8, 4) is 0 Å². The molecular weight excluding hydrogens is 221 g/mol. The largest absolute Gasteiger partial charge is 0.401 e. The molecule has 0 saturated carbocycles. The number of aromatic nitrogens is 1. The molecule has 6 heteroatoms. The van der Waals surface area contributed by atoms with Crippen LogP contribution in [0.4, 0.5) is 13.2 Å². The van der Waals surface area contributed by atoms with Crippen molar-refractivity contribution in [2.75, 3.05) is 13.2 Å². The van der Waals surface area contributed by atoms with Crippen molar-refractivity contribution in [3.63, 3.8) is 0 Å². The minimum Gasteiger partial charge on any atom is -0.394 e. The molecular formula is C10H13F3N2O. The molecule has 16 heavy (non-hydrogen) atoms. The summed E-state index contributed by atoms with van der Waals surface area (Å²) in [5, 5.41) is 11.5. The van der Waals surface area contributed by atoms with Gasteiger partial charge in [-0.1, -0.05) is 0 Å². The monoisotopic (exact) mass is 234 g/mol. The Labute approximate surface area is 91.3 Å². The minimum absolute atomic E-state index is 0.424. The Bertz CT molecular complexity index is 329. The van der Waals surface area contributed by atoms with Gasteiger partial charge in [-0.3, -0.25) is 10.3 Å². The highest BCUT2D eigenvalue weighted by atomic mass is 19.4. The molecule has 3 nitrogen and oxygen atoms in total. The third-order valence-electron chi connectivity index (χ3n) is 2.31. The van der Waals surface area contributed by atoms with Gasteiger partial charge in [0.15, 0.2) is 0 Å². The molecule has 1 rings (SSSR count). The van der Waals surface area contributed by atoms with Gasteiger partial charge in [-0.05, 0) is 24.6 Å². The highest BCUT2D eigenvalue weighted by Gasteiger charge is 2.33. The quantitative estimate of drug-likeness (QED) is 0.828. The lowest BCUT2D eigenvalue weighted by atomic mass is 9.94. The van der Waals surface area contributed by atoms with Crippen molar-refractivity contribution in [2.24, 2.45) is 0 Å². The van der Waals surface area contributed by atoms with Crippen LogP contribution in [0.2, 0.25) is 0 Å². The zero-order valence-electron chi connectivity index (χ0n) is 8.75. The van der Waals surface area contributed by atoms with E-state index in [9.17, 15) is 18.3 Å². The van der Waals surface area contributed by atoms with E-state index < -0.39 is 24.9 Å². The predicted molar refractivity (Wildman–Crippen MR) is 52.7 cm³/mol. The van der Waals surface area contributed by atoms with Crippen LogP contribution in [-0.4, -0.2) is 29.4 Å². The lowest BCUT2D eigenvalue weighted by molar-refractivity contribution is -0.129. The van der Waals surface area contributed by atoms with Gasteiger partial charge in [-0.25, -0.2) is 0 Å². The van der Waals surface area contributed by atoms with E-state index in [2.05, 4.69) is 10.3 Å². The molecule has 2 N–H and O–H groups in total. The maximum Gasteiger partial charge on any atom is 0.401 e. The van der Waals surface area contributed by atoms with E-state index in [0.29, 0.717) is 5.56 Å². The minimum atomic E-state index is -4.30. The van der Waals surface area contributed by atoms with E-state index >= 15 is 0 Å². The van der Waals surface area contributed by atoms with E-state index in [4.69, 9.17) is 0 Å². The molecule has 0 aromatic carbocycles. The smallest absolute Gasteiger partial charge is 0.394 e. The molecule has 0 aliphatic rings. The second kappa shape index (κ2) is 4.80. The molecule has 1 aromatic rings. The maximum absolute atomic E-state index is 12.1. The number of nitrogens with one attached hydrogen (secondary N) is 1.